The van der Waals surface area contributed by atoms with Crippen molar-refractivity contribution < 1.29 is 19.1 Å². The zero-order chi connectivity index (χ0) is 16.7. The summed E-state index contributed by atoms with van der Waals surface area (Å²) in [5.41, 5.74) is 0.648. The SMILES string of the molecule is C=CCOc1ccccc1/C=C(\Sc1nnc(CC)o1)C(=O)O. The first kappa shape index (κ1) is 16.8. The molecule has 0 fully saturated rings. The fourth-order valence-electron chi connectivity index (χ4n) is 1.67. The Balaban J connectivity index is 2.28. The Labute approximate surface area is 137 Å². The lowest BCUT2D eigenvalue weighted by molar-refractivity contribution is -0.131. The molecule has 0 spiro atoms. The Morgan fingerprint density at radius 1 is 1.43 bits per heavy atom. The van der Waals surface area contributed by atoms with Crippen LogP contribution in [0.5, 0.6) is 5.75 Å². The number of nitrogens with zero attached hydrogens (tertiary/aromatic N) is 2. The van der Waals surface area contributed by atoms with Crippen LogP contribution < -0.4 is 4.74 Å². The van der Waals surface area contributed by atoms with E-state index in [1.54, 1.807) is 24.3 Å². The van der Waals surface area contributed by atoms with E-state index in [-0.39, 0.29) is 10.1 Å². The van der Waals surface area contributed by atoms with Gasteiger partial charge in [-0.3, -0.25) is 0 Å². The molecule has 0 saturated carbocycles. The van der Waals surface area contributed by atoms with E-state index in [1.807, 2.05) is 13.0 Å². The van der Waals surface area contributed by atoms with E-state index in [1.165, 1.54) is 6.08 Å². The molecule has 0 aliphatic heterocycles. The third-order valence-electron chi connectivity index (χ3n) is 2.72. The van der Waals surface area contributed by atoms with E-state index in [2.05, 4.69) is 16.8 Å². The largest absolute Gasteiger partial charge is 0.489 e. The molecule has 6 nitrogen and oxygen atoms in total. The van der Waals surface area contributed by atoms with Gasteiger partial charge in [-0.05, 0) is 23.9 Å². The van der Waals surface area contributed by atoms with Crippen LogP contribution in [0, 0.1) is 0 Å². The van der Waals surface area contributed by atoms with Gasteiger partial charge in [0.25, 0.3) is 5.22 Å². The third-order valence-corrected chi connectivity index (χ3v) is 3.57. The number of carboxylic acid groups (broad SMARTS) is 1. The van der Waals surface area contributed by atoms with E-state index in [9.17, 15) is 9.90 Å². The van der Waals surface area contributed by atoms with Crippen LogP contribution >= 0.6 is 11.8 Å². The molecule has 0 atom stereocenters. The number of carboxylic acids is 1. The summed E-state index contributed by atoms with van der Waals surface area (Å²) in [6.45, 7) is 5.81. The molecular weight excluding hydrogens is 316 g/mol. The smallest absolute Gasteiger partial charge is 0.342 e. The predicted octanol–water partition coefficient (Wildman–Crippen LogP) is 3.41. The number of aliphatic carboxylic acids is 1. The van der Waals surface area contributed by atoms with Crippen LogP contribution in [0.2, 0.25) is 0 Å². The van der Waals surface area contributed by atoms with E-state index >= 15 is 0 Å². The monoisotopic (exact) mass is 332 g/mol. The molecule has 120 valence electrons. The van der Waals surface area contributed by atoms with Crippen molar-refractivity contribution >= 4 is 23.8 Å². The lowest BCUT2D eigenvalue weighted by atomic mass is 10.2. The van der Waals surface area contributed by atoms with Gasteiger partial charge in [-0.2, -0.15) is 0 Å². The first-order valence-electron chi connectivity index (χ1n) is 6.92. The van der Waals surface area contributed by atoms with E-state index in [4.69, 9.17) is 9.15 Å². The normalized spacial score (nSPS) is 11.3. The maximum atomic E-state index is 11.5. The van der Waals surface area contributed by atoms with Crippen LogP contribution in [0.4, 0.5) is 0 Å². The predicted molar refractivity (Wildman–Crippen MR) is 87.3 cm³/mol. The molecule has 2 rings (SSSR count). The second kappa shape index (κ2) is 8.19. The maximum absolute atomic E-state index is 11.5. The van der Waals surface area contributed by atoms with Crippen LogP contribution in [-0.2, 0) is 11.2 Å². The maximum Gasteiger partial charge on any atom is 0.342 e. The number of para-hydroxylation sites is 1. The van der Waals surface area contributed by atoms with E-state index < -0.39 is 5.97 Å². The molecule has 0 saturated heterocycles. The molecular formula is C16H16N2O4S. The minimum absolute atomic E-state index is 0.0611. The summed E-state index contributed by atoms with van der Waals surface area (Å²) >= 11 is 0.906. The average molecular weight is 332 g/mol. The van der Waals surface area contributed by atoms with Gasteiger partial charge in [0.2, 0.25) is 5.89 Å². The first-order valence-corrected chi connectivity index (χ1v) is 7.73. The minimum atomic E-state index is -1.08. The molecule has 2 aromatic rings. The first-order chi connectivity index (χ1) is 11.1. The Hall–Kier alpha value is -2.54. The van der Waals surface area contributed by atoms with Crippen molar-refractivity contribution in [2.24, 2.45) is 0 Å². The molecule has 1 N–H and O–H groups in total. The number of rotatable bonds is 8. The molecule has 1 aromatic carbocycles. The van der Waals surface area contributed by atoms with Crippen molar-refractivity contribution in [1.82, 2.24) is 10.2 Å². The van der Waals surface area contributed by atoms with Gasteiger partial charge in [-0.25, -0.2) is 4.79 Å². The van der Waals surface area contributed by atoms with Crippen molar-refractivity contribution in [2.75, 3.05) is 6.61 Å². The summed E-state index contributed by atoms with van der Waals surface area (Å²) in [5.74, 6) is -0.0387. The number of thioether (sulfide) groups is 1. The van der Waals surface area contributed by atoms with Crippen molar-refractivity contribution in [1.29, 1.82) is 0 Å². The molecule has 1 heterocycles. The topological polar surface area (TPSA) is 85.5 Å². The standard InChI is InChI=1S/C16H16N2O4S/c1-3-9-21-12-8-6-5-7-11(12)10-13(15(19)20)23-16-18-17-14(4-2)22-16/h3,5-8,10H,1,4,9H2,2H3,(H,19,20)/b13-10-. The molecule has 7 heteroatoms. The van der Waals surface area contributed by atoms with Crippen LogP contribution in [0.25, 0.3) is 6.08 Å². The van der Waals surface area contributed by atoms with Crippen molar-refractivity contribution in [3.8, 4) is 5.75 Å². The summed E-state index contributed by atoms with van der Waals surface area (Å²) in [7, 11) is 0. The highest BCUT2D eigenvalue weighted by molar-refractivity contribution is 8.03. The van der Waals surface area contributed by atoms with Gasteiger partial charge in [0.1, 0.15) is 17.3 Å². The average Bonchev–Trinajstić information content (AvgIpc) is 3.01. The van der Waals surface area contributed by atoms with Crippen LogP contribution in [0.15, 0.2) is 51.5 Å². The van der Waals surface area contributed by atoms with Gasteiger partial charge in [0.05, 0.1) is 0 Å². The zero-order valence-electron chi connectivity index (χ0n) is 12.6. The summed E-state index contributed by atoms with van der Waals surface area (Å²) < 4.78 is 10.9. The van der Waals surface area contributed by atoms with Crippen molar-refractivity contribution in [3.63, 3.8) is 0 Å². The summed E-state index contributed by atoms with van der Waals surface area (Å²) in [4.78, 5) is 11.5. The van der Waals surface area contributed by atoms with Crippen LogP contribution in [-0.4, -0.2) is 27.9 Å². The van der Waals surface area contributed by atoms with Crippen LogP contribution in [0.1, 0.15) is 18.4 Å². The number of ether oxygens (including phenoxy) is 1. The fourth-order valence-corrected chi connectivity index (χ4v) is 2.35. The van der Waals surface area contributed by atoms with Crippen molar-refractivity contribution in [2.45, 2.75) is 18.6 Å². The Morgan fingerprint density at radius 3 is 2.87 bits per heavy atom. The second-order valence-corrected chi connectivity index (χ2v) is 5.36. The Bertz CT molecular complexity index is 724. The quantitative estimate of drug-likeness (QED) is 0.450. The highest BCUT2D eigenvalue weighted by Gasteiger charge is 2.15. The van der Waals surface area contributed by atoms with Gasteiger partial charge < -0.3 is 14.3 Å². The molecule has 0 amide bonds. The number of aryl methyl sites for hydroxylation is 1. The summed E-state index contributed by atoms with van der Waals surface area (Å²) in [6.07, 6.45) is 3.73. The zero-order valence-corrected chi connectivity index (χ0v) is 13.4. The van der Waals surface area contributed by atoms with Gasteiger partial charge in [0, 0.05) is 12.0 Å². The van der Waals surface area contributed by atoms with Gasteiger partial charge >= 0.3 is 5.97 Å². The fraction of sp³-hybridized carbons (Fsp3) is 0.188. The molecule has 0 aliphatic carbocycles. The van der Waals surface area contributed by atoms with E-state index in [0.717, 1.165) is 11.8 Å². The lowest BCUT2D eigenvalue weighted by Gasteiger charge is -2.07. The minimum Gasteiger partial charge on any atom is -0.489 e. The summed E-state index contributed by atoms with van der Waals surface area (Å²) in [5, 5.41) is 17.2. The number of carbonyl (C=O) groups is 1. The molecule has 1 aromatic heterocycles. The number of aromatic nitrogens is 2. The Morgan fingerprint density at radius 2 is 2.22 bits per heavy atom. The molecule has 0 bridgehead atoms. The van der Waals surface area contributed by atoms with E-state index in [0.29, 0.717) is 30.2 Å². The summed E-state index contributed by atoms with van der Waals surface area (Å²) in [6, 6.07) is 7.15. The van der Waals surface area contributed by atoms with Crippen LogP contribution in [0.3, 0.4) is 0 Å². The van der Waals surface area contributed by atoms with Gasteiger partial charge in [0.15, 0.2) is 0 Å². The highest BCUT2D eigenvalue weighted by atomic mass is 32.2. The lowest BCUT2D eigenvalue weighted by Crippen LogP contribution is -1.99. The van der Waals surface area contributed by atoms with Crippen molar-refractivity contribution in [3.05, 3.63) is 53.3 Å². The van der Waals surface area contributed by atoms with Gasteiger partial charge in [-0.1, -0.05) is 37.8 Å². The Kier molecular flexibility index (Phi) is 5.99. The molecule has 23 heavy (non-hydrogen) atoms. The molecule has 0 radical (unpaired) electrons. The molecule has 0 aliphatic rings. The third kappa shape index (κ3) is 4.72. The molecule has 0 unspecified atom stereocenters. The number of hydrogen-bond donors (Lipinski definition) is 1. The number of benzene rings is 1. The second-order valence-electron chi connectivity index (χ2n) is 4.37. The number of hydrogen-bond acceptors (Lipinski definition) is 6. The van der Waals surface area contributed by atoms with Gasteiger partial charge in [-0.15, -0.1) is 10.2 Å². The highest BCUT2D eigenvalue weighted by Crippen LogP contribution is 2.30.